The lowest BCUT2D eigenvalue weighted by atomic mass is 10.0. The highest BCUT2D eigenvalue weighted by Gasteiger charge is 2.36. The summed E-state index contributed by atoms with van der Waals surface area (Å²) in [6.45, 7) is 0.889. The second-order valence-electron chi connectivity index (χ2n) is 2.84. The Hall–Kier alpha value is -0.910. The highest BCUT2D eigenvalue weighted by atomic mass is 79.9. The Kier molecular flexibility index (Phi) is 3.18. The minimum Gasteiger partial charge on any atom is -0.294 e. The van der Waals surface area contributed by atoms with E-state index in [1.165, 1.54) is 0 Å². The molecule has 0 aliphatic heterocycles. The molecule has 0 atom stereocenters. The lowest BCUT2D eigenvalue weighted by Gasteiger charge is -2.12. The average Bonchev–Trinajstić information content (AvgIpc) is 2.06. The fraction of sp³-hybridized carbons (Fsp3) is 0.222. The number of alkyl halides is 3. The van der Waals surface area contributed by atoms with E-state index in [0.29, 0.717) is 6.07 Å². The summed E-state index contributed by atoms with van der Waals surface area (Å²) in [6.07, 6.45) is -4.73. The van der Waals surface area contributed by atoms with Crippen LogP contribution in [0.2, 0.25) is 0 Å². The van der Waals surface area contributed by atoms with Crippen LogP contribution in [0.3, 0.4) is 0 Å². The third-order valence-corrected chi connectivity index (χ3v) is 2.36. The Morgan fingerprint density at radius 3 is 2.27 bits per heavy atom. The monoisotopic (exact) mass is 284 g/mol. The van der Waals surface area contributed by atoms with Crippen molar-refractivity contribution in [1.29, 1.82) is 0 Å². The summed E-state index contributed by atoms with van der Waals surface area (Å²) < 4.78 is 50.3. The first-order valence-electron chi connectivity index (χ1n) is 3.81. The number of rotatable bonds is 1. The van der Waals surface area contributed by atoms with E-state index >= 15 is 0 Å². The van der Waals surface area contributed by atoms with Gasteiger partial charge in [0.25, 0.3) is 0 Å². The van der Waals surface area contributed by atoms with E-state index < -0.39 is 28.9 Å². The topological polar surface area (TPSA) is 17.1 Å². The number of halogens is 5. The van der Waals surface area contributed by atoms with Crippen molar-refractivity contribution in [2.24, 2.45) is 0 Å². The van der Waals surface area contributed by atoms with Gasteiger partial charge in [0.05, 0.1) is 15.6 Å². The van der Waals surface area contributed by atoms with Crippen LogP contribution >= 0.6 is 15.9 Å². The van der Waals surface area contributed by atoms with E-state index in [-0.39, 0.29) is 4.47 Å². The molecule has 15 heavy (non-hydrogen) atoms. The van der Waals surface area contributed by atoms with E-state index in [2.05, 4.69) is 15.9 Å². The molecular weight excluding hydrogens is 280 g/mol. The maximum absolute atomic E-state index is 13.3. The SMILES string of the molecule is CC(=O)c1c(C(F)(F)F)ccc(Br)c1F. The van der Waals surface area contributed by atoms with Crippen LogP contribution in [0.15, 0.2) is 16.6 Å². The number of hydrogen-bond donors (Lipinski definition) is 0. The minimum absolute atomic E-state index is 0.166. The van der Waals surface area contributed by atoms with E-state index in [1.807, 2.05) is 0 Å². The molecule has 0 amide bonds. The highest BCUT2D eigenvalue weighted by molar-refractivity contribution is 9.10. The van der Waals surface area contributed by atoms with Crippen LogP contribution in [-0.4, -0.2) is 5.78 Å². The third-order valence-electron chi connectivity index (χ3n) is 1.75. The van der Waals surface area contributed by atoms with Gasteiger partial charge < -0.3 is 0 Å². The van der Waals surface area contributed by atoms with E-state index in [4.69, 9.17) is 0 Å². The Bertz CT molecular complexity index is 411. The molecule has 0 aromatic heterocycles. The fourth-order valence-corrected chi connectivity index (χ4v) is 1.46. The van der Waals surface area contributed by atoms with E-state index in [1.54, 1.807) is 0 Å². The maximum Gasteiger partial charge on any atom is 0.417 e. The average molecular weight is 285 g/mol. The normalized spacial score (nSPS) is 11.6. The number of ketones is 1. The van der Waals surface area contributed by atoms with Gasteiger partial charge in [-0.1, -0.05) is 0 Å². The van der Waals surface area contributed by atoms with Crippen molar-refractivity contribution in [3.8, 4) is 0 Å². The number of benzene rings is 1. The van der Waals surface area contributed by atoms with Crippen molar-refractivity contribution in [1.82, 2.24) is 0 Å². The standard InChI is InChI=1S/C9H5BrF4O/c1-4(15)7-5(9(12,13)14)2-3-6(10)8(7)11/h2-3H,1H3. The quantitative estimate of drug-likeness (QED) is 0.566. The first kappa shape index (κ1) is 12.2. The molecule has 0 radical (unpaired) electrons. The lowest BCUT2D eigenvalue weighted by Crippen LogP contribution is -2.13. The second-order valence-corrected chi connectivity index (χ2v) is 3.69. The summed E-state index contributed by atoms with van der Waals surface area (Å²) in [7, 11) is 0. The van der Waals surface area contributed by atoms with Crippen molar-refractivity contribution < 1.29 is 22.4 Å². The first-order chi connectivity index (χ1) is 6.75. The predicted octanol–water partition coefficient (Wildman–Crippen LogP) is 3.81. The Balaban J connectivity index is 3.55. The molecule has 0 N–H and O–H groups in total. The number of Topliss-reactive ketones (excluding diaryl/α,β-unsaturated/α-hetero) is 1. The zero-order valence-corrected chi connectivity index (χ0v) is 9.04. The van der Waals surface area contributed by atoms with Gasteiger partial charge in [0, 0.05) is 0 Å². The van der Waals surface area contributed by atoms with Crippen LogP contribution in [0, 0.1) is 5.82 Å². The molecule has 0 spiro atoms. The zero-order chi connectivity index (χ0) is 11.8. The molecule has 1 rings (SSSR count). The van der Waals surface area contributed by atoms with Crippen molar-refractivity contribution in [2.45, 2.75) is 13.1 Å². The van der Waals surface area contributed by atoms with Gasteiger partial charge in [-0.15, -0.1) is 0 Å². The molecule has 0 saturated heterocycles. The van der Waals surface area contributed by atoms with Crippen LogP contribution in [0.5, 0.6) is 0 Å². The van der Waals surface area contributed by atoms with Crippen LogP contribution in [0.25, 0.3) is 0 Å². The molecule has 0 heterocycles. The van der Waals surface area contributed by atoms with E-state index in [9.17, 15) is 22.4 Å². The number of carbonyl (C=O) groups excluding carboxylic acids is 1. The number of carbonyl (C=O) groups is 1. The molecule has 0 unspecified atom stereocenters. The summed E-state index contributed by atoms with van der Waals surface area (Å²) in [5.41, 5.74) is -2.19. The molecule has 0 fully saturated rings. The minimum atomic E-state index is -4.73. The van der Waals surface area contributed by atoms with Crippen molar-refractivity contribution in [3.63, 3.8) is 0 Å². The van der Waals surface area contributed by atoms with Crippen molar-refractivity contribution in [3.05, 3.63) is 33.5 Å². The van der Waals surface area contributed by atoms with Gasteiger partial charge in [0.15, 0.2) is 5.78 Å². The van der Waals surface area contributed by atoms with Gasteiger partial charge in [0.2, 0.25) is 0 Å². The van der Waals surface area contributed by atoms with E-state index in [0.717, 1.165) is 13.0 Å². The molecule has 1 aromatic carbocycles. The van der Waals surface area contributed by atoms with Crippen molar-refractivity contribution in [2.75, 3.05) is 0 Å². The Morgan fingerprint density at radius 1 is 1.33 bits per heavy atom. The van der Waals surface area contributed by atoms with Crippen LogP contribution in [-0.2, 0) is 6.18 Å². The zero-order valence-electron chi connectivity index (χ0n) is 7.45. The summed E-state index contributed by atoms with van der Waals surface area (Å²) in [5.74, 6) is -2.14. The molecule has 0 aliphatic carbocycles. The van der Waals surface area contributed by atoms with Crippen LogP contribution in [0.1, 0.15) is 22.8 Å². The van der Waals surface area contributed by atoms with Gasteiger partial charge in [-0.05, 0) is 35.0 Å². The Labute approximate surface area is 91.2 Å². The molecule has 1 aromatic rings. The fourth-order valence-electron chi connectivity index (χ4n) is 1.13. The molecule has 82 valence electrons. The van der Waals surface area contributed by atoms with Gasteiger partial charge >= 0.3 is 6.18 Å². The summed E-state index contributed by atoms with van der Waals surface area (Å²) >= 11 is 2.72. The van der Waals surface area contributed by atoms with Gasteiger partial charge in [-0.3, -0.25) is 4.79 Å². The molecule has 0 aliphatic rings. The largest absolute Gasteiger partial charge is 0.417 e. The lowest BCUT2D eigenvalue weighted by molar-refractivity contribution is -0.138. The summed E-state index contributed by atoms with van der Waals surface area (Å²) in [6, 6.07) is 1.59. The smallest absolute Gasteiger partial charge is 0.294 e. The first-order valence-corrected chi connectivity index (χ1v) is 4.60. The van der Waals surface area contributed by atoms with Gasteiger partial charge in [0.1, 0.15) is 5.82 Å². The number of hydrogen-bond acceptors (Lipinski definition) is 1. The van der Waals surface area contributed by atoms with Crippen LogP contribution in [0.4, 0.5) is 17.6 Å². The summed E-state index contributed by atoms with van der Waals surface area (Å²) in [5, 5.41) is 0. The molecular formula is C9H5BrF4O. The van der Waals surface area contributed by atoms with Gasteiger partial charge in [-0.25, -0.2) is 4.39 Å². The second kappa shape index (κ2) is 3.92. The molecule has 1 nitrogen and oxygen atoms in total. The Morgan fingerprint density at radius 2 is 1.87 bits per heavy atom. The molecule has 0 bridgehead atoms. The van der Waals surface area contributed by atoms with Crippen LogP contribution < -0.4 is 0 Å². The predicted molar refractivity (Wildman–Crippen MR) is 49.1 cm³/mol. The van der Waals surface area contributed by atoms with Crippen molar-refractivity contribution >= 4 is 21.7 Å². The molecule has 6 heteroatoms. The third kappa shape index (κ3) is 2.37. The summed E-state index contributed by atoms with van der Waals surface area (Å²) in [4.78, 5) is 10.9. The van der Waals surface area contributed by atoms with Gasteiger partial charge in [-0.2, -0.15) is 13.2 Å². The maximum atomic E-state index is 13.3. The highest BCUT2D eigenvalue weighted by Crippen LogP contribution is 2.35. The molecule has 0 saturated carbocycles.